The molecule has 1 atom stereocenters. The molecule has 0 aliphatic carbocycles. The fourth-order valence-electron chi connectivity index (χ4n) is 5.83. The Balaban J connectivity index is 1.66. The Morgan fingerprint density at radius 1 is 0.500 bits per heavy atom. The number of hydrogen-bond donors (Lipinski definition) is 4. The van der Waals surface area contributed by atoms with Crippen LogP contribution in [-0.2, 0) is 86.0 Å². The average molecular weight is 905 g/mol. The van der Waals surface area contributed by atoms with Gasteiger partial charge in [0.15, 0.2) is 0 Å². The standard InChI is InChI=1S/C46H72N4O14/c1-56-23-25-58-27-29-60-31-33-62-36-43(52)47-21-9-8-15-41(49-44(53)37-63-34-32-61-30-28-59-26-24-57-2)46(55)48-22-10-16-45(54)64-50-42(51)35-40-19-17-39(18-20-40)14-7-6-13-38-11-4-3-5-12-38/h3-5,11-12,17-20,41H,6-10,13-16,21-37H2,1-2H3,(H,47,52)(H,48,55)(H,49,53)(H,50,51)/t41-/m0/s1. The zero-order chi connectivity index (χ0) is 46.1. The predicted molar refractivity (Wildman–Crippen MR) is 237 cm³/mol. The van der Waals surface area contributed by atoms with Gasteiger partial charge in [0.05, 0.1) is 85.7 Å². The molecular formula is C46H72N4O14. The van der Waals surface area contributed by atoms with Crippen molar-refractivity contribution in [1.82, 2.24) is 21.4 Å². The second kappa shape index (κ2) is 38.9. The van der Waals surface area contributed by atoms with E-state index in [1.807, 2.05) is 30.3 Å². The van der Waals surface area contributed by atoms with E-state index in [2.05, 4.69) is 45.7 Å². The molecule has 18 nitrogen and oxygen atoms in total. The lowest BCUT2D eigenvalue weighted by Crippen LogP contribution is -2.48. The SMILES string of the molecule is COCCOCCOCCOCC(=O)NCCCC[C@H](NC(=O)COCCOCCOCCOC)C(=O)NCCCC(=O)ONC(=O)Cc1ccc(CCCCc2ccccc2)cc1. The minimum Gasteiger partial charge on any atom is -0.382 e. The molecular weight excluding hydrogens is 833 g/mol. The molecule has 0 fully saturated rings. The number of carbonyl (C=O) groups excluding carboxylic acids is 5. The summed E-state index contributed by atoms with van der Waals surface area (Å²) < 4.78 is 42.0. The first-order valence-electron chi connectivity index (χ1n) is 22.2. The van der Waals surface area contributed by atoms with Gasteiger partial charge in [-0.2, -0.15) is 5.48 Å². The van der Waals surface area contributed by atoms with E-state index < -0.39 is 29.7 Å². The van der Waals surface area contributed by atoms with Crippen LogP contribution in [-0.4, -0.2) is 155 Å². The van der Waals surface area contributed by atoms with Crippen LogP contribution in [0.5, 0.6) is 0 Å². The highest BCUT2D eigenvalue weighted by Gasteiger charge is 2.21. The van der Waals surface area contributed by atoms with Gasteiger partial charge < -0.3 is 58.7 Å². The predicted octanol–water partition coefficient (Wildman–Crippen LogP) is 2.43. The van der Waals surface area contributed by atoms with Gasteiger partial charge in [0.2, 0.25) is 17.7 Å². The Morgan fingerprint density at radius 2 is 1.00 bits per heavy atom. The molecule has 360 valence electrons. The van der Waals surface area contributed by atoms with Crippen molar-refractivity contribution < 1.29 is 66.7 Å². The van der Waals surface area contributed by atoms with Crippen LogP contribution in [0.25, 0.3) is 0 Å². The maximum atomic E-state index is 13.2. The van der Waals surface area contributed by atoms with Gasteiger partial charge in [-0.3, -0.25) is 19.2 Å². The number of amides is 4. The molecule has 18 heteroatoms. The van der Waals surface area contributed by atoms with E-state index in [-0.39, 0.29) is 71.2 Å². The summed E-state index contributed by atoms with van der Waals surface area (Å²) in [7, 11) is 3.20. The van der Waals surface area contributed by atoms with Crippen molar-refractivity contribution in [2.24, 2.45) is 0 Å². The number of hydrogen-bond acceptors (Lipinski definition) is 14. The van der Waals surface area contributed by atoms with Crippen LogP contribution in [0.4, 0.5) is 0 Å². The van der Waals surface area contributed by atoms with Gasteiger partial charge in [-0.15, -0.1) is 0 Å². The average Bonchev–Trinajstić information content (AvgIpc) is 3.30. The lowest BCUT2D eigenvalue weighted by atomic mass is 10.0. The van der Waals surface area contributed by atoms with E-state index in [0.717, 1.165) is 31.2 Å². The molecule has 0 aromatic heterocycles. The molecule has 0 spiro atoms. The topological polar surface area (TPSA) is 217 Å². The summed E-state index contributed by atoms with van der Waals surface area (Å²) in [6, 6.07) is 17.4. The molecule has 0 saturated carbocycles. The van der Waals surface area contributed by atoms with Gasteiger partial charge >= 0.3 is 5.97 Å². The Kier molecular flexibility index (Phi) is 33.8. The zero-order valence-corrected chi connectivity index (χ0v) is 37.9. The molecule has 0 bridgehead atoms. The third kappa shape index (κ3) is 31.3. The van der Waals surface area contributed by atoms with Gasteiger partial charge in [-0.1, -0.05) is 54.6 Å². The van der Waals surface area contributed by atoms with Crippen molar-refractivity contribution in [3.63, 3.8) is 0 Å². The number of aryl methyl sites for hydroxylation is 2. The molecule has 2 aromatic carbocycles. The Morgan fingerprint density at radius 3 is 1.58 bits per heavy atom. The number of ether oxygens (including phenoxy) is 8. The third-order valence-electron chi connectivity index (χ3n) is 9.26. The molecule has 2 aromatic rings. The van der Waals surface area contributed by atoms with Gasteiger partial charge in [0.1, 0.15) is 19.3 Å². The second-order valence-corrected chi connectivity index (χ2v) is 14.6. The molecule has 0 unspecified atom stereocenters. The summed E-state index contributed by atoms with van der Waals surface area (Å²) in [5, 5.41) is 8.24. The van der Waals surface area contributed by atoms with Crippen molar-refractivity contribution >= 4 is 29.6 Å². The van der Waals surface area contributed by atoms with Crippen LogP contribution in [0.3, 0.4) is 0 Å². The monoisotopic (exact) mass is 905 g/mol. The molecule has 4 N–H and O–H groups in total. The summed E-state index contributed by atoms with van der Waals surface area (Å²) in [6.07, 6.45) is 5.72. The molecule has 0 saturated heterocycles. The van der Waals surface area contributed by atoms with Crippen molar-refractivity contribution in [3.05, 3.63) is 71.3 Å². The molecule has 0 aliphatic heterocycles. The van der Waals surface area contributed by atoms with Gasteiger partial charge in [0.25, 0.3) is 5.91 Å². The minimum atomic E-state index is -0.888. The number of carbonyl (C=O) groups is 5. The maximum absolute atomic E-state index is 13.2. The second-order valence-electron chi connectivity index (χ2n) is 14.6. The Bertz CT molecular complexity index is 1520. The van der Waals surface area contributed by atoms with Crippen LogP contribution in [0.1, 0.15) is 61.6 Å². The Hall–Kier alpha value is -4.53. The van der Waals surface area contributed by atoms with E-state index in [1.54, 1.807) is 14.2 Å². The fraction of sp³-hybridized carbons (Fsp3) is 0.630. The summed E-state index contributed by atoms with van der Waals surface area (Å²) in [5.41, 5.74) is 5.53. The first-order chi connectivity index (χ1) is 31.3. The number of rotatable bonds is 40. The molecule has 0 radical (unpaired) electrons. The lowest BCUT2D eigenvalue weighted by molar-refractivity contribution is -0.158. The number of nitrogens with one attached hydrogen (secondary N) is 4. The smallest absolute Gasteiger partial charge is 0.332 e. The summed E-state index contributed by atoms with van der Waals surface area (Å²) in [6.45, 7) is 4.71. The first kappa shape index (κ1) is 55.6. The number of unbranched alkanes of at least 4 members (excludes halogenated alkanes) is 2. The van der Waals surface area contributed by atoms with E-state index in [4.69, 9.17) is 42.7 Å². The Labute approximate surface area is 378 Å². The highest BCUT2D eigenvalue weighted by Crippen LogP contribution is 2.11. The molecule has 0 heterocycles. The molecule has 4 amide bonds. The zero-order valence-electron chi connectivity index (χ0n) is 37.9. The van der Waals surface area contributed by atoms with Crippen molar-refractivity contribution in [2.75, 3.05) is 120 Å². The van der Waals surface area contributed by atoms with E-state index >= 15 is 0 Å². The van der Waals surface area contributed by atoms with E-state index in [9.17, 15) is 24.0 Å². The number of benzene rings is 2. The maximum Gasteiger partial charge on any atom is 0.332 e. The van der Waals surface area contributed by atoms with Crippen LogP contribution >= 0.6 is 0 Å². The van der Waals surface area contributed by atoms with Crippen molar-refractivity contribution in [3.8, 4) is 0 Å². The highest BCUT2D eigenvalue weighted by atomic mass is 16.7. The quantitative estimate of drug-likeness (QED) is 0.0559. The molecule has 0 aliphatic rings. The number of hydroxylamine groups is 1. The van der Waals surface area contributed by atoms with Crippen LogP contribution in [0.15, 0.2) is 54.6 Å². The molecule has 2 rings (SSSR count). The summed E-state index contributed by atoms with van der Waals surface area (Å²) in [5.74, 6) is -2.32. The van der Waals surface area contributed by atoms with Gasteiger partial charge in [-0.05, 0) is 68.1 Å². The van der Waals surface area contributed by atoms with E-state index in [1.165, 1.54) is 11.1 Å². The fourth-order valence-corrected chi connectivity index (χ4v) is 5.83. The van der Waals surface area contributed by atoms with Gasteiger partial charge in [0, 0.05) is 33.7 Å². The van der Waals surface area contributed by atoms with Crippen LogP contribution in [0.2, 0.25) is 0 Å². The third-order valence-corrected chi connectivity index (χ3v) is 9.26. The van der Waals surface area contributed by atoms with Crippen LogP contribution < -0.4 is 21.4 Å². The normalized spacial score (nSPS) is 11.5. The largest absolute Gasteiger partial charge is 0.382 e. The number of methoxy groups -OCH3 is 2. The summed E-state index contributed by atoms with van der Waals surface area (Å²) >= 11 is 0. The van der Waals surface area contributed by atoms with E-state index in [0.29, 0.717) is 78.8 Å². The summed E-state index contributed by atoms with van der Waals surface area (Å²) in [4.78, 5) is 67.7. The van der Waals surface area contributed by atoms with Crippen molar-refractivity contribution in [1.29, 1.82) is 0 Å². The van der Waals surface area contributed by atoms with Crippen molar-refractivity contribution in [2.45, 2.75) is 70.3 Å². The minimum absolute atomic E-state index is 0.0545. The first-order valence-corrected chi connectivity index (χ1v) is 22.2. The molecule has 64 heavy (non-hydrogen) atoms. The highest BCUT2D eigenvalue weighted by molar-refractivity contribution is 5.88. The van der Waals surface area contributed by atoms with Crippen LogP contribution in [0, 0.1) is 0 Å². The van der Waals surface area contributed by atoms with Gasteiger partial charge in [-0.25, -0.2) is 4.79 Å². The lowest BCUT2D eigenvalue weighted by Gasteiger charge is -2.19.